The molecular formula is C11H16O5S. The second-order valence-electron chi connectivity index (χ2n) is 3.83. The molecule has 0 bridgehead atoms. The molecule has 0 heterocycles. The Morgan fingerprint density at radius 2 is 1.88 bits per heavy atom. The number of rotatable bonds is 5. The fraction of sp³-hybridized carbons (Fsp3) is 0.455. The standard InChI is InChI=1S/C11H16O5S/c1-8(2)17(14,15)16-11-5-3-4-9(6-12)10(11)7-13/h3-5,8,12-13H,6-7H2,1-2H3. The van der Waals surface area contributed by atoms with Crippen LogP contribution in [0.15, 0.2) is 18.2 Å². The first-order valence-electron chi connectivity index (χ1n) is 5.18. The molecule has 0 saturated carbocycles. The third kappa shape index (κ3) is 3.18. The predicted molar refractivity (Wildman–Crippen MR) is 63.0 cm³/mol. The summed E-state index contributed by atoms with van der Waals surface area (Å²) in [7, 11) is -3.70. The first kappa shape index (κ1) is 14.0. The summed E-state index contributed by atoms with van der Waals surface area (Å²) in [5.74, 6) is 0.0627. The molecule has 0 radical (unpaired) electrons. The minimum Gasteiger partial charge on any atom is -0.392 e. The Bertz CT molecular complexity index is 479. The van der Waals surface area contributed by atoms with Crippen LogP contribution in [0.3, 0.4) is 0 Å². The van der Waals surface area contributed by atoms with E-state index in [1.165, 1.54) is 19.9 Å². The Morgan fingerprint density at radius 3 is 2.35 bits per heavy atom. The van der Waals surface area contributed by atoms with Gasteiger partial charge in [0.05, 0.1) is 18.5 Å². The monoisotopic (exact) mass is 260 g/mol. The van der Waals surface area contributed by atoms with Gasteiger partial charge >= 0.3 is 10.1 Å². The molecule has 0 aliphatic heterocycles. The number of benzene rings is 1. The Hall–Kier alpha value is -1.11. The summed E-state index contributed by atoms with van der Waals surface area (Å²) in [5, 5.41) is 17.6. The van der Waals surface area contributed by atoms with E-state index < -0.39 is 15.4 Å². The molecule has 0 fully saturated rings. The largest absolute Gasteiger partial charge is 0.392 e. The molecule has 0 atom stereocenters. The van der Waals surface area contributed by atoms with Crippen molar-refractivity contribution in [2.24, 2.45) is 0 Å². The van der Waals surface area contributed by atoms with Crippen LogP contribution in [-0.4, -0.2) is 23.9 Å². The van der Waals surface area contributed by atoms with Gasteiger partial charge in [0.2, 0.25) is 0 Å². The van der Waals surface area contributed by atoms with Crippen LogP contribution in [0.25, 0.3) is 0 Å². The molecule has 5 nitrogen and oxygen atoms in total. The first-order chi connectivity index (χ1) is 7.92. The molecule has 0 aliphatic rings. The number of hydrogen-bond acceptors (Lipinski definition) is 5. The van der Waals surface area contributed by atoms with Crippen molar-refractivity contribution in [1.29, 1.82) is 0 Å². The van der Waals surface area contributed by atoms with Gasteiger partial charge in [-0.1, -0.05) is 12.1 Å². The summed E-state index contributed by atoms with van der Waals surface area (Å²) in [5.41, 5.74) is 0.739. The molecule has 1 rings (SSSR count). The van der Waals surface area contributed by atoms with Gasteiger partial charge in [-0.05, 0) is 25.5 Å². The zero-order chi connectivity index (χ0) is 13.1. The van der Waals surface area contributed by atoms with Gasteiger partial charge in [0.25, 0.3) is 0 Å². The van der Waals surface area contributed by atoms with Crippen LogP contribution in [0.2, 0.25) is 0 Å². The third-order valence-electron chi connectivity index (χ3n) is 2.34. The van der Waals surface area contributed by atoms with Crippen LogP contribution < -0.4 is 4.18 Å². The van der Waals surface area contributed by atoms with Gasteiger partial charge in [-0.15, -0.1) is 0 Å². The van der Waals surface area contributed by atoms with Crippen LogP contribution in [0.1, 0.15) is 25.0 Å². The zero-order valence-corrected chi connectivity index (χ0v) is 10.6. The number of aliphatic hydroxyl groups is 2. The molecule has 0 unspecified atom stereocenters. The van der Waals surface area contributed by atoms with Crippen molar-refractivity contribution < 1.29 is 22.8 Å². The molecular weight excluding hydrogens is 244 g/mol. The topological polar surface area (TPSA) is 83.8 Å². The van der Waals surface area contributed by atoms with Gasteiger partial charge in [0, 0.05) is 5.56 Å². The molecule has 0 saturated heterocycles. The van der Waals surface area contributed by atoms with Crippen molar-refractivity contribution in [3.05, 3.63) is 29.3 Å². The maximum atomic E-state index is 11.6. The van der Waals surface area contributed by atoms with Crippen LogP contribution in [0, 0.1) is 0 Å². The van der Waals surface area contributed by atoms with E-state index in [4.69, 9.17) is 9.29 Å². The van der Waals surface area contributed by atoms with Gasteiger partial charge in [0.1, 0.15) is 5.75 Å². The summed E-state index contributed by atoms with van der Waals surface area (Å²) in [6.07, 6.45) is 0. The molecule has 2 N–H and O–H groups in total. The second kappa shape index (κ2) is 5.48. The quantitative estimate of drug-likeness (QED) is 0.765. The highest BCUT2D eigenvalue weighted by Crippen LogP contribution is 2.25. The van der Waals surface area contributed by atoms with E-state index in [1.54, 1.807) is 12.1 Å². The normalized spacial score (nSPS) is 11.8. The van der Waals surface area contributed by atoms with E-state index in [0.29, 0.717) is 11.1 Å². The minimum atomic E-state index is -3.70. The Kier molecular flexibility index (Phi) is 4.50. The fourth-order valence-corrected chi connectivity index (χ4v) is 1.84. The molecule has 1 aromatic rings. The third-order valence-corrected chi connectivity index (χ3v) is 3.91. The average Bonchev–Trinajstić information content (AvgIpc) is 2.27. The average molecular weight is 260 g/mol. The molecule has 17 heavy (non-hydrogen) atoms. The van der Waals surface area contributed by atoms with Crippen molar-refractivity contribution >= 4 is 10.1 Å². The van der Waals surface area contributed by atoms with Crippen molar-refractivity contribution in [1.82, 2.24) is 0 Å². The predicted octanol–water partition coefficient (Wildman–Crippen LogP) is 0.788. The van der Waals surface area contributed by atoms with E-state index in [2.05, 4.69) is 0 Å². The van der Waals surface area contributed by atoms with Crippen LogP contribution in [0.5, 0.6) is 5.75 Å². The van der Waals surface area contributed by atoms with Crippen molar-refractivity contribution in [3.63, 3.8) is 0 Å². The summed E-state index contributed by atoms with van der Waals surface area (Å²) in [6.45, 7) is 2.34. The highest BCUT2D eigenvalue weighted by atomic mass is 32.2. The SMILES string of the molecule is CC(C)S(=O)(=O)Oc1cccc(CO)c1CO. The van der Waals surface area contributed by atoms with Gasteiger partial charge < -0.3 is 14.4 Å². The van der Waals surface area contributed by atoms with Gasteiger partial charge in [0.15, 0.2) is 0 Å². The van der Waals surface area contributed by atoms with Crippen molar-refractivity contribution in [2.75, 3.05) is 0 Å². The molecule has 0 aromatic heterocycles. The number of aliphatic hydroxyl groups excluding tert-OH is 2. The highest BCUT2D eigenvalue weighted by molar-refractivity contribution is 7.87. The van der Waals surface area contributed by atoms with E-state index in [0.717, 1.165) is 0 Å². The minimum absolute atomic E-state index is 0.0627. The molecule has 1 aromatic carbocycles. The summed E-state index contributed by atoms with van der Waals surface area (Å²) in [4.78, 5) is 0. The fourth-order valence-electron chi connectivity index (χ4n) is 1.24. The van der Waals surface area contributed by atoms with Crippen LogP contribution in [-0.2, 0) is 23.3 Å². The lowest BCUT2D eigenvalue weighted by Gasteiger charge is -2.14. The Morgan fingerprint density at radius 1 is 1.24 bits per heavy atom. The van der Waals surface area contributed by atoms with E-state index in [-0.39, 0.29) is 19.0 Å². The number of hydrogen-bond donors (Lipinski definition) is 2. The Balaban J connectivity index is 3.15. The zero-order valence-electron chi connectivity index (χ0n) is 9.75. The maximum absolute atomic E-state index is 11.6. The molecule has 0 amide bonds. The molecule has 0 spiro atoms. The van der Waals surface area contributed by atoms with E-state index >= 15 is 0 Å². The lowest BCUT2D eigenvalue weighted by atomic mass is 10.1. The van der Waals surface area contributed by atoms with E-state index in [1.807, 2.05) is 0 Å². The molecule has 0 aliphatic carbocycles. The summed E-state index contributed by atoms with van der Waals surface area (Å²) >= 11 is 0. The Labute approximate surface area is 101 Å². The smallest absolute Gasteiger partial charge is 0.311 e. The lowest BCUT2D eigenvalue weighted by molar-refractivity contribution is 0.257. The van der Waals surface area contributed by atoms with Crippen LogP contribution >= 0.6 is 0 Å². The van der Waals surface area contributed by atoms with Crippen molar-refractivity contribution in [3.8, 4) is 5.75 Å². The van der Waals surface area contributed by atoms with Gasteiger partial charge in [-0.25, -0.2) is 0 Å². The lowest BCUT2D eigenvalue weighted by Crippen LogP contribution is -2.21. The summed E-state index contributed by atoms with van der Waals surface area (Å²) < 4.78 is 28.1. The maximum Gasteiger partial charge on any atom is 0.311 e. The highest BCUT2D eigenvalue weighted by Gasteiger charge is 2.20. The van der Waals surface area contributed by atoms with Gasteiger partial charge in [-0.2, -0.15) is 8.42 Å². The van der Waals surface area contributed by atoms with Gasteiger partial charge in [-0.3, -0.25) is 0 Å². The second-order valence-corrected chi connectivity index (χ2v) is 5.93. The first-order valence-corrected chi connectivity index (χ1v) is 6.65. The van der Waals surface area contributed by atoms with Crippen molar-refractivity contribution in [2.45, 2.75) is 32.3 Å². The van der Waals surface area contributed by atoms with E-state index in [9.17, 15) is 13.5 Å². The van der Waals surface area contributed by atoms with Crippen LogP contribution in [0.4, 0.5) is 0 Å². The molecule has 96 valence electrons. The molecule has 6 heteroatoms. The summed E-state index contributed by atoms with van der Waals surface area (Å²) in [6, 6.07) is 4.61.